The molecule has 9 heteroatoms. The van der Waals surface area contributed by atoms with E-state index >= 15 is 0 Å². The lowest BCUT2D eigenvalue weighted by molar-refractivity contribution is -0.114. The molecular weight excluding hydrogens is 455 g/mol. The molecule has 0 fully saturated rings. The van der Waals surface area contributed by atoms with Crippen LogP contribution in [0.25, 0.3) is 0 Å². The molecule has 0 heterocycles. The minimum Gasteiger partial charge on any atom is -0.323 e. The molecule has 0 atom stereocenters. The number of para-hydroxylation sites is 1. The Labute approximate surface area is 183 Å². The van der Waals surface area contributed by atoms with Crippen LogP contribution >= 0.6 is 34.8 Å². The second-order valence-electron chi connectivity index (χ2n) is 5.97. The summed E-state index contributed by atoms with van der Waals surface area (Å²) in [4.78, 5) is 12.6. The zero-order valence-electron chi connectivity index (χ0n) is 14.8. The van der Waals surface area contributed by atoms with Gasteiger partial charge in [0.1, 0.15) is 6.54 Å². The molecule has 5 nitrogen and oxygen atoms in total. The van der Waals surface area contributed by atoms with Gasteiger partial charge in [-0.05, 0) is 54.6 Å². The SMILES string of the molecule is O=C(CN(c1cccc(Cl)c1)S(=O)(=O)c1ccc(Cl)cc1)Nc1ccccc1Cl. The molecule has 3 rings (SSSR count). The average Bonchev–Trinajstić information content (AvgIpc) is 2.68. The molecule has 0 radical (unpaired) electrons. The van der Waals surface area contributed by atoms with Crippen molar-refractivity contribution in [3.63, 3.8) is 0 Å². The van der Waals surface area contributed by atoms with Gasteiger partial charge in [-0.25, -0.2) is 8.42 Å². The number of rotatable bonds is 6. The summed E-state index contributed by atoms with van der Waals surface area (Å²) in [5, 5.41) is 3.71. The predicted octanol–water partition coefficient (Wildman–Crippen LogP) is 5.48. The van der Waals surface area contributed by atoms with Crippen molar-refractivity contribution >= 4 is 62.1 Å². The standard InChI is InChI=1S/C20H15Cl3N2O3S/c21-14-8-10-17(11-9-14)29(27,28)25(16-5-3-4-15(22)12-16)13-20(26)24-19-7-2-1-6-18(19)23/h1-12H,13H2,(H,24,26). The zero-order valence-corrected chi connectivity index (χ0v) is 17.9. The van der Waals surface area contributed by atoms with Crippen LogP contribution in [0.4, 0.5) is 11.4 Å². The first-order valence-corrected chi connectivity index (χ1v) is 10.9. The molecule has 3 aromatic carbocycles. The van der Waals surface area contributed by atoms with Crippen LogP contribution in [0.3, 0.4) is 0 Å². The molecule has 0 saturated heterocycles. The maximum atomic E-state index is 13.2. The van der Waals surface area contributed by atoms with E-state index in [0.717, 1.165) is 4.31 Å². The third kappa shape index (κ3) is 5.22. The molecule has 29 heavy (non-hydrogen) atoms. The first-order chi connectivity index (χ1) is 13.8. The normalized spacial score (nSPS) is 11.1. The number of carbonyl (C=O) groups excluding carboxylic acids is 1. The van der Waals surface area contributed by atoms with E-state index < -0.39 is 22.5 Å². The second kappa shape index (κ2) is 9.05. The second-order valence-corrected chi connectivity index (χ2v) is 9.12. The van der Waals surface area contributed by atoms with E-state index in [-0.39, 0.29) is 10.6 Å². The van der Waals surface area contributed by atoms with Crippen molar-refractivity contribution in [2.75, 3.05) is 16.2 Å². The lowest BCUT2D eigenvalue weighted by Crippen LogP contribution is -2.38. The number of halogens is 3. The van der Waals surface area contributed by atoms with E-state index in [4.69, 9.17) is 34.8 Å². The van der Waals surface area contributed by atoms with Crippen LogP contribution in [0.5, 0.6) is 0 Å². The Hall–Kier alpha value is -2.25. The summed E-state index contributed by atoms with van der Waals surface area (Å²) in [7, 11) is -4.06. The van der Waals surface area contributed by atoms with E-state index in [9.17, 15) is 13.2 Å². The largest absolute Gasteiger partial charge is 0.323 e. The lowest BCUT2D eigenvalue weighted by atomic mass is 10.3. The number of nitrogens with zero attached hydrogens (tertiary/aromatic N) is 1. The number of hydrogen-bond donors (Lipinski definition) is 1. The molecule has 1 amide bonds. The topological polar surface area (TPSA) is 66.5 Å². The number of benzene rings is 3. The Morgan fingerprint density at radius 2 is 1.55 bits per heavy atom. The van der Waals surface area contributed by atoms with E-state index in [2.05, 4.69) is 5.32 Å². The molecule has 0 bridgehead atoms. The van der Waals surface area contributed by atoms with Gasteiger partial charge >= 0.3 is 0 Å². The summed E-state index contributed by atoms with van der Waals surface area (Å²) in [6.07, 6.45) is 0. The van der Waals surface area contributed by atoms with Gasteiger partial charge in [0.25, 0.3) is 10.0 Å². The number of hydrogen-bond acceptors (Lipinski definition) is 3. The summed E-state index contributed by atoms with van der Waals surface area (Å²) in [6, 6.07) is 18.6. The molecule has 0 spiro atoms. The fourth-order valence-corrected chi connectivity index (χ4v) is 4.47. The van der Waals surface area contributed by atoms with Gasteiger partial charge in [0.15, 0.2) is 0 Å². The van der Waals surface area contributed by atoms with Gasteiger partial charge in [-0.2, -0.15) is 0 Å². The minimum absolute atomic E-state index is 0.00702. The Morgan fingerprint density at radius 1 is 0.862 bits per heavy atom. The van der Waals surface area contributed by atoms with Crippen LogP contribution in [0.15, 0.2) is 77.7 Å². The highest BCUT2D eigenvalue weighted by atomic mass is 35.5. The summed E-state index contributed by atoms with van der Waals surface area (Å²) in [5.41, 5.74) is 0.635. The summed E-state index contributed by atoms with van der Waals surface area (Å²) in [6.45, 7) is -0.476. The minimum atomic E-state index is -4.06. The maximum Gasteiger partial charge on any atom is 0.264 e. The summed E-state index contributed by atoms with van der Waals surface area (Å²) < 4.78 is 27.5. The Balaban J connectivity index is 1.96. The van der Waals surface area contributed by atoms with Gasteiger partial charge < -0.3 is 5.32 Å². The first kappa shape index (κ1) is 21.5. The van der Waals surface area contributed by atoms with E-state index in [1.165, 1.54) is 30.3 Å². The van der Waals surface area contributed by atoms with Crippen LogP contribution in [0.1, 0.15) is 0 Å². The molecule has 150 valence electrons. The van der Waals surface area contributed by atoms with Gasteiger partial charge in [-0.3, -0.25) is 9.10 Å². The smallest absolute Gasteiger partial charge is 0.264 e. The molecular formula is C20H15Cl3N2O3S. The molecule has 0 aliphatic carbocycles. The molecule has 0 unspecified atom stereocenters. The monoisotopic (exact) mass is 468 g/mol. The number of nitrogens with one attached hydrogen (secondary N) is 1. The van der Waals surface area contributed by atoms with Crippen molar-refractivity contribution in [3.05, 3.63) is 87.9 Å². The Morgan fingerprint density at radius 3 is 2.21 bits per heavy atom. The van der Waals surface area contributed by atoms with Gasteiger partial charge in [0.05, 0.1) is 21.3 Å². The molecule has 1 N–H and O–H groups in total. The first-order valence-electron chi connectivity index (χ1n) is 8.35. The highest BCUT2D eigenvalue weighted by Gasteiger charge is 2.27. The Kier molecular flexibility index (Phi) is 6.70. The average molecular weight is 470 g/mol. The quantitative estimate of drug-likeness (QED) is 0.520. The number of anilines is 2. The van der Waals surface area contributed by atoms with Crippen LogP contribution in [-0.4, -0.2) is 20.9 Å². The van der Waals surface area contributed by atoms with Gasteiger partial charge in [-0.15, -0.1) is 0 Å². The highest BCUT2D eigenvalue weighted by molar-refractivity contribution is 7.92. The van der Waals surface area contributed by atoms with Crippen LogP contribution in [0, 0.1) is 0 Å². The maximum absolute atomic E-state index is 13.2. The van der Waals surface area contributed by atoms with Crippen molar-refractivity contribution in [3.8, 4) is 0 Å². The number of carbonyl (C=O) groups is 1. The van der Waals surface area contributed by atoms with Crippen LogP contribution in [-0.2, 0) is 14.8 Å². The number of amides is 1. The number of sulfonamides is 1. The van der Waals surface area contributed by atoms with Crippen molar-refractivity contribution < 1.29 is 13.2 Å². The van der Waals surface area contributed by atoms with E-state index in [1.54, 1.807) is 42.5 Å². The third-order valence-electron chi connectivity index (χ3n) is 3.93. The van der Waals surface area contributed by atoms with Gasteiger partial charge in [-0.1, -0.05) is 53.0 Å². The van der Waals surface area contributed by atoms with Crippen molar-refractivity contribution in [2.24, 2.45) is 0 Å². The molecule has 0 aromatic heterocycles. The van der Waals surface area contributed by atoms with Crippen LogP contribution < -0.4 is 9.62 Å². The predicted molar refractivity (Wildman–Crippen MR) is 118 cm³/mol. The Bertz CT molecular complexity index is 1140. The molecule has 0 aliphatic heterocycles. The third-order valence-corrected chi connectivity index (χ3v) is 6.54. The fraction of sp³-hybridized carbons (Fsp3) is 0.0500. The summed E-state index contributed by atoms with van der Waals surface area (Å²) >= 11 is 18.0. The van der Waals surface area contributed by atoms with Crippen molar-refractivity contribution in [1.29, 1.82) is 0 Å². The zero-order chi connectivity index (χ0) is 21.0. The van der Waals surface area contributed by atoms with E-state index in [1.807, 2.05) is 0 Å². The highest BCUT2D eigenvalue weighted by Crippen LogP contribution is 2.27. The molecule has 0 saturated carbocycles. The van der Waals surface area contributed by atoms with E-state index in [0.29, 0.717) is 20.8 Å². The molecule has 3 aromatic rings. The van der Waals surface area contributed by atoms with Crippen LogP contribution in [0.2, 0.25) is 15.1 Å². The van der Waals surface area contributed by atoms with Crippen molar-refractivity contribution in [1.82, 2.24) is 0 Å². The summed E-state index contributed by atoms with van der Waals surface area (Å²) in [5.74, 6) is -0.560. The van der Waals surface area contributed by atoms with Gasteiger partial charge in [0.2, 0.25) is 5.91 Å². The molecule has 0 aliphatic rings. The van der Waals surface area contributed by atoms with Gasteiger partial charge in [0, 0.05) is 10.0 Å². The van der Waals surface area contributed by atoms with Crippen molar-refractivity contribution in [2.45, 2.75) is 4.90 Å². The fourth-order valence-electron chi connectivity index (χ4n) is 2.56. The lowest BCUT2D eigenvalue weighted by Gasteiger charge is -2.24.